The summed E-state index contributed by atoms with van der Waals surface area (Å²) >= 11 is 0. The van der Waals surface area contributed by atoms with Crippen LogP contribution in [0, 0.1) is 0 Å². The van der Waals surface area contributed by atoms with Gasteiger partial charge in [0, 0.05) is 42.0 Å². The Morgan fingerprint density at radius 1 is 1.07 bits per heavy atom. The van der Waals surface area contributed by atoms with Gasteiger partial charge in [0.1, 0.15) is 11.6 Å². The molecule has 1 fully saturated rings. The molecule has 0 bridgehead atoms. The van der Waals surface area contributed by atoms with Crippen molar-refractivity contribution < 1.29 is 0 Å². The molecule has 2 atom stereocenters. The van der Waals surface area contributed by atoms with Crippen molar-refractivity contribution in [3.63, 3.8) is 0 Å². The maximum absolute atomic E-state index is 4.82. The number of aromatic nitrogens is 4. The van der Waals surface area contributed by atoms with E-state index in [-0.39, 0.29) is 0 Å². The minimum absolute atomic E-state index is 0.426. The van der Waals surface area contributed by atoms with E-state index in [1.54, 1.807) is 0 Å². The predicted octanol–water partition coefficient (Wildman–Crippen LogP) is 4.47. The fraction of sp³-hybridized carbons (Fsp3) is 0.476. The fourth-order valence-electron chi connectivity index (χ4n) is 4.06. The quantitative estimate of drug-likeness (QED) is 0.647. The molecule has 1 saturated carbocycles. The van der Waals surface area contributed by atoms with E-state index in [9.17, 15) is 0 Å². The molecule has 27 heavy (non-hydrogen) atoms. The van der Waals surface area contributed by atoms with Gasteiger partial charge in [0.25, 0.3) is 0 Å². The molecule has 3 aromatic rings. The van der Waals surface area contributed by atoms with Crippen LogP contribution in [0.4, 0.5) is 11.6 Å². The number of nitrogens with zero attached hydrogens (tertiary/aromatic N) is 4. The summed E-state index contributed by atoms with van der Waals surface area (Å²) in [5, 5.41) is 11.7. The van der Waals surface area contributed by atoms with Gasteiger partial charge in [-0.25, -0.2) is 9.97 Å². The van der Waals surface area contributed by atoms with Crippen molar-refractivity contribution in [1.29, 1.82) is 0 Å². The first kappa shape index (κ1) is 17.8. The van der Waals surface area contributed by atoms with Crippen LogP contribution in [0.1, 0.15) is 57.6 Å². The molecule has 142 valence electrons. The minimum Gasteiger partial charge on any atom is -0.367 e. The number of anilines is 2. The summed E-state index contributed by atoms with van der Waals surface area (Å²) in [6.07, 6.45) is 9.21. The topological polar surface area (TPSA) is 67.1 Å². The third-order valence-corrected chi connectivity index (χ3v) is 5.58. The van der Waals surface area contributed by atoms with E-state index < -0.39 is 0 Å². The van der Waals surface area contributed by atoms with Gasteiger partial charge in [-0.2, -0.15) is 9.61 Å². The summed E-state index contributed by atoms with van der Waals surface area (Å²) in [4.78, 5) is 9.20. The summed E-state index contributed by atoms with van der Waals surface area (Å²) < 4.78 is 1.92. The fourth-order valence-corrected chi connectivity index (χ4v) is 4.06. The molecule has 4 rings (SSSR count). The van der Waals surface area contributed by atoms with Gasteiger partial charge < -0.3 is 10.6 Å². The summed E-state index contributed by atoms with van der Waals surface area (Å²) in [6.45, 7) is 4.46. The summed E-state index contributed by atoms with van der Waals surface area (Å²) in [5.74, 6) is 2.50. The van der Waals surface area contributed by atoms with Crippen molar-refractivity contribution in [2.24, 2.45) is 0 Å². The molecule has 0 unspecified atom stereocenters. The zero-order valence-corrected chi connectivity index (χ0v) is 16.1. The second-order valence-electron chi connectivity index (χ2n) is 7.39. The lowest BCUT2D eigenvalue weighted by Crippen LogP contribution is -2.22. The molecule has 0 amide bonds. The number of pyridine rings is 1. The van der Waals surface area contributed by atoms with Crippen molar-refractivity contribution in [1.82, 2.24) is 19.6 Å². The third-order valence-electron chi connectivity index (χ3n) is 5.58. The highest BCUT2D eigenvalue weighted by atomic mass is 15.3. The van der Waals surface area contributed by atoms with E-state index in [2.05, 4.69) is 40.6 Å². The van der Waals surface area contributed by atoms with Crippen molar-refractivity contribution in [3.05, 3.63) is 48.4 Å². The molecule has 0 spiro atoms. The molecule has 0 aromatic carbocycles. The molecular weight excluding hydrogens is 336 g/mol. The molecule has 3 aromatic heterocycles. The SMILES string of the molecule is CCC(CC)c1cc(N[C@H]2CC[C@H](Nc3ccccn3)C2)n2nccc2n1. The lowest BCUT2D eigenvalue weighted by atomic mass is 9.99. The molecule has 0 saturated heterocycles. The van der Waals surface area contributed by atoms with E-state index in [0.717, 1.165) is 55.1 Å². The van der Waals surface area contributed by atoms with Crippen LogP contribution < -0.4 is 10.6 Å². The average molecular weight is 364 g/mol. The molecule has 6 nitrogen and oxygen atoms in total. The Bertz CT molecular complexity index is 871. The van der Waals surface area contributed by atoms with Gasteiger partial charge in [-0.3, -0.25) is 0 Å². The van der Waals surface area contributed by atoms with Gasteiger partial charge in [0.2, 0.25) is 0 Å². The Hall–Kier alpha value is -2.63. The molecule has 1 aliphatic rings. The first-order chi connectivity index (χ1) is 13.3. The smallest absolute Gasteiger partial charge is 0.157 e. The average Bonchev–Trinajstić information content (AvgIpc) is 3.33. The second-order valence-corrected chi connectivity index (χ2v) is 7.39. The van der Waals surface area contributed by atoms with Crippen LogP contribution in [-0.4, -0.2) is 31.7 Å². The Morgan fingerprint density at radius 2 is 1.89 bits per heavy atom. The lowest BCUT2D eigenvalue weighted by molar-refractivity contribution is 0.621. The van der Waals surface area contributed by atoms with E-state index in [4.69, 9.17) is 4.98 Å². The Morgan fingerprint density at radius 3 is 2.63 bits per heavy atom. The molecule has 0 aliphatic heterocycles. The van der Waals surface area contributed by atoms with E-state index in [1.165, 1.54) is 0 Å². The largest absolute Gasteiger partial charge is 0.367 e. The zero-order valence-electron chi connectivity index (χ0n) is 16.1. The molecule has 0 radical (unpaired) electrons. The summed E-state index contributed by atoms with van der Waals surface area (Å²) in [6, 6.07) is 11.0. The Balaban J connectivity index is 1.49. The number of fused-ring (bicyclic) bond motifs is 1. The van der Waals surface area contributed by atoms with Crippen LogP contribution in [-0.2, 0) is 0 Å². The standard InChI is InChI=1S/C21H28N6/c1-3-15(4-2)18-14-21(27-20(26-18)10-12-23-27)25-17-9-8-16(13-17)24-19-7-5-6-11-22-19/h5-7,10-12,14-17,25H,3-4,8-9,13H2,1-2H3,(H,22,24)/t16-,17-/m0/s1. The van der Waals surface area contributed by atoms with Gasteiger partial charge in [-0.05, 0) is 44.2 Å². The van der Waals surface area contributed by atoms with Crippen molar-refractivity contribution >= 4 is 17.3 Å². The Kier molecular flexibility index (Phi) is 5.23. The van der Waals surface area contributed by atoms with Crippen LogP contribution in [0.2, 0.25) is 0 Å². The lowest BCUT2D eigenvalue weighted by Gasteiger charge is -2.19. The number of rotatable bonds is 7. The first-order valence-corrected chi connectivity index (χ1v) is 10.1. The van der Waals surface area contributed by atoms with Crippen molar-refractivity contribution in [2.75, 3.05) is 10.6 Å². The molecule has 2 N–H and O–H groups in total. The van der Waals surface area contributed by atoms with Gasteiger partial charge in [-0.15, -0.1) is 0 Å². The number of nitrogens with one attached hydrogen (secondary N) is 2. The van der Waals surface area contributed by atoms with Crippen LogP contribution in [0.5, 0.6) is 0 Å². The predicted molar refractivity (Wildman–Crippen MR) is 109 cm³/mol. The summed E-state index contributed by atoms with van der Waals surface area (Å²) in [5.41, 5.74) is 2.08. The maximum atomic E-state index is 4.82. The van der Waals surface area contributed by atoms with Crippen molar-refractivity contribution in [2.45, 2.75) is 64.0 Å². The minimum atomic E-state index is 0.426. The highest BCUT2D eigenvalue weighted by molar-refractivity contribution is 5.50. The first-order valence-electron chi connectivity index (χ1n) is 10.1. The van der Waals surface area contributed by atoms with Crippen molar-refractivity contribution in [3.8, 4) is 0 Å². The van der Waals surface area contributed by atoms with Crippen LogP contribution in [0.3, 0.4) is 0 Å². The third kappa shape index (κ3) is 3.89. The highest BCUT2D eigenvalue weighted by Crippen LogP contribution is 2.28. The monoisotopic (exact) mass is 364 g/mol. The van der Waals surface area contributed by atoms with Crippen LogP contribution in [0.15, 0.2) is 42.7 Å². The molecule has 1 aliphatic carbocycles. The zero-order chi connectivity index (χ0) is 18.6. The second kappa shape index (κ2) is 7.94. The van der Waals surface area contributed by atoms with Gasteiger partial charge in [0.05, 0.1) is 6.20 Å². The maximum Gasteiger partial charge on any atom is 0.157 e. The van der Waals surface area contributed by atoms with E-state index in [0.29, 0.717) is 18.0 Å². The van der Waals surface area contributed by atoms with Gasteiger partial charge in [-0.1, -0.05) is 19.9 Å². The number of hydrogen-bond donors (Lipinski definition) is 2. The van der Waals surface area contributed by atoms with Crippen LogP contribution in [0.25, 0.3) is 5.65 Å². The molecule has 6 heteroatoms. The normalized spacial score (nSPS) is 19.7. The van der Waals surface area contributed by atoms with E-state index >= 15 is 0 Å². The van der Waals surface area contributed by atoms with E-state index in [1.807, 2.05) is 41.2 Å². The van der Waals surface area contributed by atoms with Gasteiger partial charge >= 0.3 is 0 Å². The molecule has 3 heterocycles. The van der Waals surface area contributed by atoms with Gasteiger partial charge in [0.15, 0.2) is 5.65 Å². The summed E-state index contributed by atoms with van der Waals surface area (Å²) in [7, 11) is 0. The highest BCUT2D eigenvalue weighted by Gasteiger charge is 2.26. The van der Waals surface area contributed by atoms with Crippen LogP contribution >= 0.6 is 0 Å². The number of hydrogen-bond acceptors (Lipinski definition) is 5. The molecular formula is C21H28N6. The Labute approximate surface area is 160 Å².